The molecule has 0 radical (unpaired) electrons. The number of hydrogen-bond donors (Lipinski definition) is 0. The Hall–Kier alpha value is -2.08. The molecule has 2 saturated heterocycles. The van der Waals surface area contributed by atoms with Crippen molar-refractivity contribution in [1.82, 2.24) is 14.5 Å². The van der Waals surface area contributed by atoms with Crippen LogP contribution < -0.4 is 0 Å². The lowest BCUT2D eigenvalue weighted by molar-refractivity contribution is -0.0454. The Kier molecular flexibility index (Phi) is 3.49. The first-order chi connectivity index (χ1) is 11.2. The molecule has 2 aromatic rings. The summed E-state index contributed by atoms with van der Waals surface area (Å²) in [5, 5.41) is 0. The first kappa shape index (κ1) is 14.5. The van der Waals surface area contributed by atoms with Crippen LogP contribution in [0.3, 0.4) is 0 Å². The summed E-state index contributed by atoms with van der Waals surface area (Å²) >= 11 is 0. The molecule has 1 spiro atoms. The Labute approximate surface area is 135 Å². The van der Waals surface area contributed by atoms with E-state index in [-0.39, 0.29) is 11.5 Å². The largest absolute Gasteiger partial charge is 0.456 e. The van der Waals surface area contributed by atoms with Crippen LogP contribution in [0.2, 0.25) is 0 Å². The number of carbonyl (C=O) groups is 1. The molecule has 0 bridgehead atoms. The Morgan fingerprint density at radius 2 is 2.35 bits per heavy atom. The number of piperidine rings is 1. The van der Waals surface area contributed by atoms with Gasteiger partial charge in [-0.05, 0) is 31.9 Å². The number of nitrogens with zero attached hydrogens (tertiary/aromatic N) is 3. The number of hydrogen-bond acceptors (Lipinski definition) is 4. The molecule has 0 aromatic carbocycles. The van der Waals surface area contributed by atoms with Gasteiger partial charge in [0.2, 0.25) is 0 Å². The average molecular weight is 315 g/mol. The van der Waals surface area contributed by atoms with E-state index in [1.54, 1.807) is 12.3 Å². The number of aryl methyl sites for hydroxylation is 1. The molecule has 4 rings (SSSR count). The topological polar surface area (TPSA) is 60.5 Å². The zero-order chi connectivity index (χ0) is 15.9. The van der Waals surface area contributed by atoms with Crippen LogP contribution in [0.15, 0.2) is 35.3 Å². The normalized spacial score (nSPS) is 27.7. The molecular formula is C17H21N3O3. The molecule has 2 fully saturated rings. The second-order valence-electron chi connectivity index (χ2n) is 6.60. The van der Waals surface area contributed by atoms with Crippen molar-refractivity contribution < 1.29 is 13.9 Å². The monoisotopic (exact) mass is 315 g/mol. The van der Waals surface area contributed by atoms with Gasteiger partial charge in [0, 0.05) is 25.4 Å². The molecule has 0 unspecified atom stereocenters. The smallest absolute Gasteiger partial charge is 0.289 e. The van der Waals surface area contributed by atoms with Crippen LogP contribution in [0.5, 0.6) is 0 Å². The summed E-state index contributed by atoms with van der Waals surface area (Å²) in [6.07, 6.45) is 8.49. The summed E-state index contributed by atoms with van der Waals surface area (Å²) in [6.45, 7) is 3.93. The van der Waals surface area contributed by atoms with Crippen LogP contribution in [0.25, 0.3) is 0 Å². The molecular weight excluding hydrogens is 294 g/mol. The fraction of sp³-hybridized carbons (Fsp3) is 0.529. The highest BCUT2D eigenvalue weighted by molar-refractivity contribution is 5.91. The van der Waals surface area contributed by atoms with E-state index in [0.717, 1.165) is 31.6 Å². The van der Waals surface area contributed by atoms with E-state index in [4.69, 9.17) is 9.15 Å². The highest BCUT2D eigenvalue weighted by atomic mass is 16.5. The van der Waals surface area contributed by atoms with Crippen LogP contribution in [-0.4, -0.2) is 45.7 Å². The van der Waals surface area contributed by atoms with Crippen LogP contribution in [0.4, 0.5) is 0 Å². The number of aromatic nitrogens is 2. The van der Waals surface area contributed by atoms with Gasteiger partial charge in [0.1, 0.15) is 5.76 Å². The molecule has 122 valence electrons. The maximum absolute atomic E-state index is 12.6. The van der Waals surface area contributed by atoms with Gasteiger partial charge in [-0.3, -0.25) is 4.79 Å². The number of likely N-dealkylation sites (tertiary alicyclic amines) is 1. The molecule has 0 N–H and O–H groups in total. The van der Waals surface area contributed by atoms with Gasteiger partial charge in [-0.1, -0.05) is 0 Å². The van der Waals surface area contributed by atoms with Crippen molar-refractivity contribution in [2.45, 2.75) is 37.8 Å². The Balaban J connectivity index is 1.48. The fourth-order valence-corrected chi connectivity index (χ4v) is 3.76. The maximum atomic E-state index is 12.6. The van der Waals surface area contributed by atoms with Gasteiger partial charge in [0.25, 0.3) is 5.91 Å². The van der Waals surface area contributed by atoms with Gasteiger partial charge in [-0.25, -0.2) is 4.98 Å². The first-order valence-electron chi connectivity index (χ1n) is 8.12. The molecule has 2 aliphatic rings. The van der Waals surface area contributed by atoms with E-state index >= 15 is 0 Å². The second kappa shape index (κ2) is 5.53. The summed E-state index contributed by atoms with van der Waals surface area (Å²) in [6, 6.07) is 3.88. The summed E-state index contributed by atoms with van der Waals surface area (Å²) < 4.78 is 13.8. The van der Waals surface area contributed by atoms with E-state index in [1.165, 1.54) is 0 Å². The molecule has 23 heavy (non-hydrogen) atoms. The lowest BCUT2D eigenvalue weighted by Gasteiger charge is -2.39. The van der Waals surface area contributed by atoms with Crippen molar-refractivity contribution in [3.8, 4) is 0 Å². The number of imidazole rings is 1. The van der Waals surface area contributed by atoms with E-state index in [9.17, 15) is 4.79 Å². The zero-order valence-corrected chi connectivity index (χ0v) is 13.3. The Bertz CT molecular complexity index is 694. The van der Waals surface area contributed by atoms with Crippen LogP contribution in [0.1, 0.15) is 41.6 Å². The SMILES string of the molecule is Cc1ccc(C(=O)N2CCC[C@]3(C[C@H](n4ccnc4)CO3)C2)o1. The third kappa shape index (κ3) is 2.67. The number of rotatable bonds is 2. The van der Waals surface area contributed by atoms with Crippen molar-refractivity contribution in [2.24, 2.45) is 0 Å². The van der Waals surface area contributed by atoms with E-state index in [1.807, 2.05) is 30.4 Å². The van der Waals surface area contributed by atoms with E-state index in [2.05, 4.69) is 9.55 Å². The van der Waals surface area contributed by atoms with Crippen molar-refractivity contribution in [3.05, 3.63) is 42.4 Å². The maximum Gasteiger partial charge on any atom is 0.289 e. The third-order valence-electron chi connectivity index (χ3n) is 4.91. The van der Waals surface area contributed by atoms with Crippen molar-refractivity contribution in [2.75, 3.05) is 19.7 Å². The predicted molar refractivity (Wildman–Crippen MR) is 83.1 cm³/mol. The lowest BCUT2D eigenvalue weighted by atomic mass is 9.88. The summed E-state index contributed by atoms with van der Waals surface area (Å²) in [7, 11) is 0. The van der Waals surface area contributed by atoms with Gasteiger partial charge in [0.05, 0.1) is 31.1 Å². The van der Waals surface area contributed by atoms with E-state index < -0.39 is 0 Å². The zero-order valence-electron chi connectivity index (χ0n) is 13.3. The highest BCUT2D eigenvalue weighted by Gasteiger charge is 2.45. The molecule has 2 atom stereocenters. The molecule has 0 saturated carbocycles. The van der Waals surface area contributed by atoms with Crippen LogP contribution >= 0.6 is 0 Å². The summed E-state index contributed by atoms with van der Waals surface area (Å²) in [5.41, 5.74) is -0.232. The Morgan fingerprint density at radius 3 is 3.09 bits per heavy atom. The number of ether oxygens (including phenoxy) is 1. The third-order valence-corrected chi connectivity index (χ3v) is 4.91. The molecule has 2 aliphatic heterocycles. The lowest BCUT2D eigenvalue weighted by Crippen LogP contribution is -2.50. The summed E-state index contributed by atoms with van der Waals surface area (Å²) in [5.74, 6) is 1.15. The molecule has 6 nitrogen and oxygen atoms in total. The molecule has 2 aromatic heterocycles. The average Bonchev–Trinajstić information content (AvgIpc) is 3.28. The molecule has 6 heteroatoms. The minimum absolute atomic E-state index is 0.0353. The van der Waals surface area contributed by atoms with Gasteiger partial charge in [-0.2, -0.15) is 0 Å². The van der Waals surface area contributed by atoms with Crippen molar-refractivity contribution in [1.29, 1.82) is 0 Å². The standard InChI is InChI=1S/C17H21N3O3/c1-13-3-4-15(23-13)16(21)19-7-2-5-17(11-19)9-14(10-22-17)20-8-6-18-12-20/h3-4,6,8,12,14H,2,5,7,9-11H2,1H3/t14-,17-/m0/s1. The summed E-state index contributed by atoms with van der Waals surface area (Å²) in [4.78, 5) is 18.6. The number of carbonyl (C=O) groups excluding carboxylic acids is 1. The molecule has 0 aliphatic carbocycles. The number of amides is 1. The van der Waals surface area contributed by atoms with Gasteiger partial charge in [-0.15, -0.1) is 0 Å². The highest BCUT2D eigenvalue weighted by Crippen LogP contribution is 2.39. The van der Waals surface area contributed by atoms with E-state index in [0.29, 0.717) is 25.0 Å². The minimum atomic E-state index is -0.232. The molecule has 4 heterocycles. The van der Waals surface area contributed by atoms with Crippen LogP contribution in [0, 0.1) is 6.92 Å². The van der Waals surface area contributed by atoms with Gasteiger partial charge >= 0.3 is 0 Å². The second-order valence-corrected chi connectivity index (χ2v) is 6.60. The molecule has 1 amide bonds. The van der Waals surface area contributed by atoms with Gasteiger partial charge in [0.15, 0.2) is 5.76 Å². The first-order valence-corrected chi connectivity index (χ1v) is 8.12. The Morgan fingerprint density at radius 1 is 1.43 bits per heavy atom. The van der Waals surface area contributed by atoms with Crippen LogP contribution in [-0.2, 0) is 4.74 Å². The predicted octanol–water partition coefficient (Wildman–Crippen LogP) is 2.42. The van der Waals surface area contributed by atoms with Crippen molar-refractivity contribution in [3.63, 3.8) is 0 Å². The number of furan rings is 1. The fourth-order valence-electron chi connectivity index (χ4n) is 3.76. The van der Waals surface area contributed by atoms with Gasteiger partial charge < -0.3 is 18.6 Å². The quantitative estimate of drug-likeness (QED) is 0.854. The van der Waals surface area contributed by atoms with Crippen molar-refractivity contribution >= 4 is 5.91 Å². The minimum Gasteiger partial charge on any atom is -0.456 e.